The first-order chi connectivity index (χ1) is 13.3. The van der Waals surface area contributed by atoms with Crippen LogP contribution in [0.25, 0.3) is 0 Å². The van der Waals surface area contributed by atoms with E-state index in [0.29, 0.717) is 24.5 Å². The lowest BCUT2D eigenvalue weighted by Crippen LogP contribution is -2.40. The molecule has 0 radical (unpaired) electrons. The van der Waals surface area contributed by atoms with Crippen LogP contribution in [0.4, 0.5) is 11.4 Å². The minimum absolute atomic E-state index is 0.0119. The highest BCUT2D eigenvalue weighted by Crippen LogP contribution is 2.23. The summed E-state index contributed by atoms with van der Waals surface area (Å²) in [6.45, 7) is 2.87. The summed E-state index contributed by atoms with van der Waals surface area (Å²) in [5.41, 5.74) is 0.932. The van der Waals surface area contributed by atoms with E-state index < -0.39 is 20.9 Å². The number of benzene rings is 2. The minimum Gasteiger partial charge on any atom is -0.379 e. The van der Waals surface area contributed by atoms with Gasteiger partial charge in [0.1, 0.15) is 0 Å². The maximum atomic E-state index is 12.8. The number of nitro benzene ring substituents is 1. The molecule has 0 spiro atoms. The van der Waals surface area contributed by atoms with Crippen molar-refractivity contribution in [3.8, 4) is 0 Å². The Kier molecular flexibility index (Phi) is 5.73. The smallest absolute Gasteiger partial charge is 0.271 e. The second kappa shape index (κ2) is 8.05. The molecule has 1 heterocycles. The molecule has 0 unspecified atom stereocenters. The summed E-state index contributed by atoms with van der Waals surface area (Å²) in [7, 11) is -3.73. The van der Waals surface area contributed by atoms with E-state index in [2.05, 4.69) is 5.32 Å². The number of amides is 1. The lowest BCUT2D eigenvalue weighted by atomic mass is 10.1. The number of nitrogens with zero attached hydrogens (tertiary/aromatic N) is 2. The van der Waals surface area contributed by atoms with Crippen molar-refractivity contribution in [2.75, 3.05) is 31.6 Å². The van der Waals surface area contributed by atoms with Gasteiger partial charge < -0.3 is 10.1 Å². The molecule has 9 nitrogen and oxygen atoms in total. The van der Waals surface area contributed by atoms with Crippen LogP contribution in [0.2, 0.25) is 0 Å². The molecule has 28 heavy (non-hydrogen) atoms. The first-order valence-corrected chi connectivity index (χ1v) is 9.97. The van der Waals surface area contributed by atoms with Gasteiger partial charge in [-0.1, -0.05) is 12.1 Å². The monoisotopic (exact) mass is 405 g/mol. The number of sulfonamides is 1. The summed E-state index contributed by atoms with van der Waals surface area (Å²) >= 11 is 0. The highest BCUT2D eigenvalue weighted by Gasteiger charge is 2.27. The second-order valence-corrected chi connectivity index (χ2v) is 8.19. The Labute approximate surface area is 162 Å². The summed E-state index contributed by atoms with van der Waals surface area (Å²) < 4.78 is 32.0. The third kappa shape index (κ3) is 4.19. The zero-order valence-corrected chi connectivity index (χ0v) is 15.9. The van der Waals surface area contributed by atoms with Crippen molar-refractivity contribution in [1.82, 2.24) is 4.31 Å². The molecular formula is C18H19N3O6S. The van der Waals surface area contributed by atoms with Gasteiger partial charge in [-0.25, -0.2) is 8.42 Å². The van der Waals surface area contributed by atoms with Gasteiger partial charge in [0.05, 0.1) is 28.7 Å². The second-order valence-electron chi connectivity index (χ2n) is 6.25. The van der Waals surface area contributed by atoms with Gasteiger partial charge in [0.25, 0.3) is 11.6 Å². The Hall–Kier alpha value is -2.82. The summed E-state index contributed by atoms with van der Waals surface area (Å²) in [6, 6.07) is 9.85. The summed E-state index contributed by atoms with van der Waals surface area (Å²) in [4.78, 5) is 23.0. The summed E-state index contributed by atoms with van der Waals surface area (Å²) in [5, 5.41) is 13.5. The number of non-ortho nitro benzene ring substituents is 1. The van der Waals surface area contributed by atoms with Gasteiger partial charge in [-0.15, -0.1) is 0 Å². The number of nitrogens with one attached hydrogen (secondary N) is 1. The van der Waals surface area contributed by atoms with Crippen molar-refractivity contribution < 1.29 is 22.9 Å². The largest absolute Gasteiger partial charge is 0.379 e. The normalized spacial score (nSPS) is 15.2. The van der Waals surface area contributed by atoms with E-state index in [1.54, 1.807) is 6.92 Å². The van der Waals surface area contributed by atoms with Crippen molar-refractivity contribution in [3.63, 3.8) is 0 Å². The average Bonchev–Trinajstić information content (AvgIpc) is 2.70. The first kappa shape index (κ1) is 19.9. The number of anilines is 1. The van der Waals surface area contributed by atoms with Gasteiger partial charge in [0, 0.05) is 30.8 Å². The fourth-order valence-electron chi connectivity index (χ4n) is 2.79. The van der Waals surface area contributed by atoms with Gasteiger partial charge >= 0.3 is 0 Å². The SMILES string of the molecule is Cc1ccc([N+](=O)[O-])cc1NC(=O)c1cccc(S(=O)(=O)N2CCOCC2)c1. The third-order valence-corrected chi connectivity index (χ3v) is 6.28. The minimum atomic E-state index is -3.73. The highest BCUT2D eigenvalue weighted by molar-refractivity contribution is 7.89. The third-order valence-electron chi connectivity index (χ3n) is 4.38. The molecule has 2 aromatic carbocycles. The van der Waals surface area contributed by atoms with E-state index in [9.17, 15) is 23.3 Å². The Bertz CT molecular complexity index is 1020. The predicted molar refractivity (Wildman–Crippen MR) is 102 cm³/mol. The molecule has 3 rings (SSSR count). The van der Waals surface area contributed by atoms with E-state index in [-0.39, 0.29) is 29.2 Å². The number of ether oxygens (including phenoxy) is 1. The number of hydrogen-bond acceptors (Lipinski definition) is 6. The fourth-order valence-corrected chi connectivity index (χ4v) is 4.24. The molecule has 1 amide bonds. The topological polar surface area (TPSA) is 119 Å². The van der Waals surface area contributed by atoms with Gasteiger partial charge in [-0.05, 0) is 30.7 Å². The van der Waals surface area contributed by atoms with Crippen molar-refractivity contribution in [2.45, 2.75) is 11.8 Å². The number of aryl methyl sites for hydroxylation is 1. The van der Waals surface area contributed by atoms with E-state index in [1.807, 2.05) is 0 Å². The lowest BCUT2D eigenvalue weighted by molar-refractivity contribution is -0.384. The molecule has 1 saturated heterocycles. The fraction of sp³-hybridized carbons (Fsp3) is 0.278. The molecule has 1 aliphatic heterocycles. The summed E-state index contributed by atoms with van der Waals surface area (Å²) in [6.07, 6.45) is 0. The molecule has 0 saturated carbocycles. The van der Waals surface area contributed by atoms with Crippen LogP contribution in [0.1, 0.15) is 15.9 Å². The zero-order chi connectivity index (χ0) is 20.3. The molecule has 148 valence electrons. The molecule has 0 atom stereocenters. The number of nitro groups is 1. The molecule has 0 aromatic heterocycles. The molecule has 1 aliphatic rings. The van der Waals surface area contributed by atoms with E-state index in [0.717, 1.165) is 0 Å². The van der Waals surface area contributed by atoms with Crippen LogP contribution in [0, 0.1) is 17.0 Å². The molecule has 2 aromatic rings. The van der Waals surface area contributed by atoms with Crippen LogP contribution in [-0.4, -0.2) is 49.9 Å². The Morgan fingerprint density at radius 1 is 1.18 bits per heavy atom. The predicted octanol–water partition coefficient (Wildman–Crippen LogP) is 2.18. The van der Waals surface area contributed by atoms with Gasteiger partial charge in [-0.3, -0.25) is 14.9 Å². The quantitative estimate of drug-likeness (QED) is 0.601. The van der Waals surface area contributed by atoms with Crippen LogP contribution >= 0.6 is 0 Å². The number of carbonyl (C=O) groups is 1. The van der Waals surface area contributed by atoms with Crippen molar-refractivity contribution in [2.24, 2.45) is 0 Å². The molecular weight excluding hydrogens is 386 g/mol. The molecule has 10 heteroatoms. The van der Waals surface area contributed by atoms with Crippen LogP contribution in [0.5, 0.6) is 0 Å². The van der Waals surface area contributed by atoms with Gasteiger partial charge in [0.15, 0.2) is 0 Å². The number of morpholine rings is 1. The van der Waals surface area contributed by atoms with Crippen molar-refractivity contribution in [1.29, 1.82) is 0 Å². The standard InChI is InChI=1S/C18H19N3O6S/c1-13-5-6-15(21(23)24)12-17(13)19-18(22)14-3-2-4-16(11-14)28(25,26)20-7-9-27-10-8-20/h2-6,11-12H,7-10H2,1H3,(H,19,22). The van der Waals surface area contributed by atoms with E-state index in [4.69, 9.17) is 4.74 Å². The van der Waals surface area contributed by atoms with Crippen LogP contribution in [0.15, 0.2) is 47.4 Å². The van der Waals surface area contributed by atoms with Crippen LogP contribution in [0.3, 0.4) is 0 Å². The Morgan fingerprint density at radius 3 is 2.57 bits per heavy atom. The zero-order valence-electron chi connectivity index (χ0n) is 15.1. The van der Waals surface area contributed by atoms with Crippen LogP contribution in [-0.2, 0) is 14.8 Å². The van der Waals surface area contributed by atoms with Crippen LogP contribution < -0.4 is 5.32 Å². The van der Waals surface area contributed by atoms with Crippen molar-refractivity contribution >= 4 is 27.3 Å². The maximum absolute atomic E-state index is 12.8. The Balaban J connectivity index is 1.85. The number of rotatable bonds is 5. The molecule has 1 N–H and O–H groups in total. The summed E-state index contributed by atoms with van der Waals surface area (Å²) in [5.74, 6) is -0.553. The lowest BCUT2D eigenvalue weighted by Gasteiger charge is -2.26. The molecule has 0 aliphatic carbocycles. The van der Waals surface area contributed by atoms with Gasteiger partial charge in [0.2, 0.25) is 10.0 Å². The van der Waals surface area contributed by atoms with E-state index in [1.165, 1.54) is 46.8 Å². The highest BCUT2D eigenvalue weighted by atomic mass is 32.2. The molecule has 0 bridgehead atoms. The number of hydrogen-bond donors (Lipinski definition) is 1. The average molecular weight is 405 g/mol. The Morgan fingerprint density at radius 2 is 1.89 bits per heavy atom. The molecule has 1 fully saturated rings. The van der Waals surface area contributed by atoms with E-state index >= 15 is 0 Å². The van der Waals surface area contributed by atoms with Gasteiger partial charge in [-0.2, -0.15) is 4.31 Å². The van der Waals surface area contributed by atoms with Crippen molar-refractivity contribution in [3.05, 3.63) is 63.7 Å². The first-order valence-electron chi connectivity index (χ1n) is 8.53. The number of carbonyl (C=O) groups excluding carboxylic acids is 1. The maximum Gasteiger partial charge on any atom is 0.271 e.